The van der Waals surface area contributed by atoms with Crippen LogP contribution in [0.2, 0.25) is 0 Å². The summed E-state index contributed by atoms with van der Waals surface area (Å²) in [6.07, 6.45) is 5.42. The molecule has 2 atom stereocenters. The molecule has 1 saturated heterocycles. The van der Waals surface area contributed by atoms with Crippen molar-refractivity contribution in [1.82, 2.24) is 9.88 Å². The van der Waals surface area contributed by atoms with E-state index < -0.39 is 17.8 Å². The number of aryl methyl sites for hydroxylation is 2. The van der Waals surface area contributed by atoms with Gasteiger partial charge in [-0.25, -0.2) is 9.37 Å². The Kier molecular flexibility index (Phi) is 7.11. The molecule has 1 unspecified atom stereocenters. The molecule has 7 nitrogen and oxygen atoms in total. The van der Waals surface area contributed by atoms with Crippen LogP contribution >= 0.6 is 0 Å². The van der Waals surface area contributed by atoms with Gasteiger partial charge in [0, 0.05) is 18.8 Å². The molecule has 0 aliphatic carbocycles. The van der Waals surface area contributed by atoms with Gasteiger partial charge in [0.1, 0.15) is 5.82 Å². The number of carbonyl (C=O) groups is 2. The van der Waals surface area contributed by atoms with Crippen LogP contribution < -0.4 is 10.1 Å². The monoisotopic (exact) mass is 455 g/mol. The Labute approximate surface area is 193 Å². The molecule has 176 valence electrons. The lowest BCUT2D eigenvalue weighted by Gasteiger charge is -2.43. The van der Waals surface area contributed by atoms with E-state index in [4.69, 9.17) is 9.72 Å². The van der Waals surface area contributed by atoms with Crippen LogP contribution in [0.3, 0.4) is 0 Å². The molecule has 33 heavy (non-hydrogen) atoms. The van der Waals surface area contributed by atoms with Crippen molar-refractivity contribution in [1.29, 1.82) is 0 Å². The number of ether oxygens (including phenoxy) is 1. The molecule has 1 aromatic carbocycles. The summed E-state index contributed by atoms with van der Waals surface area (Å²) in [5.41, 5.74) is 2.81. The number of aliphatic carboxylic acids is 1. The molecule has 0 bridgehead atoms. The second-order valence-electron chi connectivity index (χ2n) is 8.78. The topological polar surface area (TPSA) is 91.8 Å². The first-order chi connectivity index (χ1) is 16.0. The van der Waals surface area contributed by atoms with Gasteiger partial charge in [-0.3, -0.25) is 9.59 Å². The van der Waals surface area contributed by atoms with Gasteiger partial charge in [0.15, 0.2) is 11.6 Å². The first-order valence-electron chi connectivity index (χ1n) is 11.5. The summed E-state index contributed by atoms with van der Waals surface area (Å²) in [5, 5.41) is 12.7. The van der Waals surface area contributed by atoms with Crippen molar-refractivity contribution in [2.24, 2.45) is 5.92 Å². The van der Waals surface area contributed by atoms with Crippen molar-refractivity contribution < 1.29 is 23.8 Å². The molecule has 1 fully saturated rings. The van der Waals surface area contributed by atoms with E-state index in [1.165, 1.54) is 24.8 Å². The van der Waals surface area contributed by atoms with Gasteiger partial charge in [0.25, 0.3) is 0 Å². The fourth-order valence-electron chi connectivity index (χ4n) is 4.69. The lowest BCUT2D eigenvalue weighted by Crippen LogP contribution is -2.54. The van der Waals surface area contributed by atoms with Gasteiger partial charge in [0.2, 0.25) is 5.91 Å². The van der Waals surface area contributed by atoms with Crippen LogP contribution in [0.15, 0.2) is 30.3 Å². The number of hydrogen-bond acceptors (Lipinski definition) is 5. The van der Waals surface area contributed by atoms with Crippen LogP contribution in [0.4, 0.5) is 10.2 Å². The van der Waals surface area contributed by atoms with E-state index in [1.807, 2.05) is 0 Å². The molecule has 8 heteroatoms. The van der Waals surface area contributed by atoms with Crippen molar-refractivity contribution in [3.05, 3.63) is 53.0 Å². The second kappa shape index (κ2) is 10.2. The Hall–Kier alpha value is -3.16. The van der Waals surface area contributed by atoms with E-state index in [2.05, 4.69) is 17.4 Å². The highest BCUT2D eigenvalue weighted by Crippen LogP contribution is 2.36. The maximum atomic E-state index is 14.2. The lowest BCUT2D eigenvalue weighted by molar-refractivity contribution is -0.154. The van der Waals surface area contributed by atoms with Crippen LogP contribution in [0.5, 0.6) is 5.75 Å². The Morgan fingerprint density at radius 3 is 2.91 bits per heavy atom. The highest BCUT2D eigenvalue weighted by Gasteiger charge is 2.41. The number of anilines is 1. The fourth-order valence-corrected chi connectivity index (χ4v) is 4.69. The number of carboxylic acids is 1. The van der Waals surface area contributed by atoms with E-state index in [1.54, 1.807) is 11.0 Å². The highest BCUT2D eigenvalue weighted by molar-refractivity contribution is 5.85. The van der Waals surface area contributed by atoms with Gasteiger partial charge in [0.05, 0.1) is 25.5 Å². The Bertz CT molecular complexity index is 1030. The van der Waals surface area contributed by atoms with Gasteiger partial charge < -0.3 is 20.1 Å². The Balaban J connectivity index is 1.29. The number of methoxy groups -OCH3 is 1. The van der Waals surface area contributed by atoms with Crippen LogP contribution in [-0.2, 0) is 22.4 Å². The van der Waals surface area contributed by atoms with Crippen molar-refractivity contribution in [3.8, 4) is 5.75 Å². The summed E-state index contributed by atoms with van der Waals surface area (Å²) < 4.78 is 19.1. The summed E-state index contributed by atoms with van der Waals surface area (Å²) in [7, 11) is 1.37. The largest absolute Gasteiger partial charge is 0.494 e. The van der Waals surface area contributed by atoms with Crippen LogP contribution in [0, 0.1) is 11.7 Å². The molecule has 4 rings (SSSR count). The normalized spacial score (nSPS) is 18.2. The summed E-state index contributed by atoms with van der Waals surface area (Å²) in [6, 6.07) is 7.91. The third kappa shape index (κ3) is 5.26. The number of fused-ring (bicyclic) bond motifs is 1. The molecule has 2 N–H and O–H groups in total. The molecule has 2 aliphatic rings. The zero-order valence-electron chi connectivity index (χ0n) is 18.8. The summed E-state index contributed by atoms with van der Waals surface area (Å²) in [6.45, 7) is 1.46. The molecule has 0 spiro atoms. The number of unbranched alkanes of at least 4 members (excludes halogenated alkanes) is 1. The zero-order valence-corrected chi connectivity index (χ0v) is 18.8. The zero-order chi connectivity index (χ0) is 23.4. The van der Waals surface area contributed by atoms with E-state index in [0.29, 0.717) is 12.1 Å². The number of nitrogens with one attached hydrogen (secondary N) is 1. The molecular weight excluding hydrogens is 425 g/mol. The van der Waals surface area contributed by atoms with Gasteiger partial charge in [-0.15, -0.1) is 0 Å². The van der Waals surface area contributed by atoms with Gasteiger partial charge >= 0.3 is 5.97 Å². The van der Waals surface area contributed by atoms with Crippen LogP contribution in [0.1, 0.15) is 55.0 Å². The first-order valence-corrected chi connectivity index (χ1v) is 11.5. The fraction of sp³-hybridized carbons (Fsp3) is 0.480. The number of hydrogen-bond donors (Lipinski definition) is 2. The minimum atomic E-state index is -1.03. The summed E-state index contributed by atoms with van der Waals surface area (Å²) in [4.78, 5) is 30.4. The van der Waals surface area contributed by atoms with E-state index in [0.717, 1.165) is 56.6 Å². The number of aromatic nitrogens is 1. The first kappa shape index (κ1) is 23.0. The average Bonchev–Trinajstić information content (AvgIpc) is 2.81. The number of carbonyl (C=O) groups excluding carboxylic acids is 1. The van der Waals surface area contributed by atoms with E-state index >= 15 is 0 Å². The second-order valence-corrected chi connectivity index (χ2v) is 8.78. The maximum Gasteiger partial charge on any atom is 0.305 e. The number of amides is 1. The predicted octanol–water partition coefficient (Wildman–Crippen LogP) is 3.97. The quantitative estimate of drug-likeness (QED) is 0.416. The van der Waals surface area contributed by atoms with E-state index in [-0.39, 0.29) is 24.0 Å². The van der Waals surface area contributed by atoms with Gasteiger partial charge in [-0.05, 0) is 61.4 Å². The predicted molar refractivity (Wildman–Crippen MR) is 122 cm³/mol. The van der Waals surface area contributed by atoms with E-state index in [9.17, 15) is 19.1 Å². The molecule has 2 aliphatic heterocycles. The SMILES string of the molecule is COc1ccc([C@H](CC(=O)O)N2CC(CCCCc3ccc4c(n3)NCCC4)C2=O)cc1F. The number of carboxylic acid groups (broad SMARTS) is 1. The van der Waals surface area contributed by atoms with Crippen molar-refractivity contribution >= 4 is 17.7 Å². The third-order valence-electron chi connectivity index (χ3n) is 6.54. The van der Waals surface area contributed by atoms with Crippen molar-refractivity contribution in [3.63, 3.8) is 0 Å². The minimum Gasteiger partial charge on any atom is -0.494 e. The van der Waals surface area contributed by atoms with Crippen LogP contribution in [-0.4, -0.2) is 47.1 Å². The smallest absolute Gasteiger partial charge is 0.305 e. The Morgan fingerprint density at radius 1 is 1.33 bits per heavy atom. The highest BCUT2D eigenvalue weighted by atomic mass is 19.1. The molecule has 3 heterocycles. The molecule has 1 aromatic heterocycles. The molecule has 0 radical (unpaired) electrons. The molecule has 2 aromatic rings. The third-order valence-corrected chi connectivity index (χ3v) is 6.54. The van der Waals surface area contributed by atoms with Crippen molar-refractivity contribution in [2.45, 2.75) is 51.0 Å². The number of likely N-dealkylation sites (tertiary alicyclic amines) is 1. The number of nitrogens with zero attached hydrogens (tertiary/aromatic N) is 2. The average molecular weight is 456 g/mol. The van der Waals surface area contributed by atoms with Gasteiger partial charge in [-0.2, -0.15) is 0 Å². The molecule has 1 amide bonds. The summed E-state index contributed by atoms with van der Waals surface area (Å²) in [5.74, 6) is -0.676. The minimum absolute atomic E-state index is 0.0615. The number of rotatable bonds is 10. The lowest BCUT2D eigenvalue weighted by atomic mass is 9.88. The Morgan fingerprint density at radius 2 is 2.18 bits per heavy atom. The standard InChI is InChI=1S/C25H30FN3O4/c1-33-22-11-9-17(13-20(22)26)21(14-23(30)31)29-15-18(25(29)32)5-2-3-7-19-10-8-16-6-4-12-27-24(16)28-19/h8-11,13,18,21H,2-7,12,14-15H2,1H3,(H,27,28)(H,30,31)/t18?,21-/m0/s1. The maximum absolute atomic E-state index is 14.2. The molecular formula is C25H30FN3O4. The number of halogens is 1. The summed E-state index contributed by atoms with van der Waals surface area (Å²) >= 11 is 0. The van der Waals surface area contributed by atoms with Crippen molar-refractivity contribution in [2.75, 3.05) is 25.5 Å². The number of β-lactam (4-membered cyclic amide) rings is 1. The van der Waals surface area contributed by atoms with Gasteiger partial charge in [-0.1, -0.05) is 18.6 Å². The van der Waals surface area contributed by atoms with Crippen LogP contribution in [0.25, 0.3) is 0 Å². The number of pyridine rings is 1. The number of benzene rings is 1. The molecule has 0 saturated carbocycles.